The number of hydrogen-bond acceptors (Lipinski definition) is 5. The number of benzene rings is 3. The van der Waals surface area contributed by atoms with Crippen molar-refractivity contribution in [3.8, 4) is 5.69 Å². The number of para-hydroxylation sites is 1. The van der Waals surface area contributed by atoms with Gasteiger partial charge in [0, 0.05) is 25.0 Å². The number of aromatic nitrogens is 2. The Morgan fingerprint density at radius 3 is 2.21 bits per heavy atom. The van der Waals surface area contributed by atoms with Crippen LogP contribution >= 0.6 is 0 Å². The lowest BCUT2D eigenvalue weighted by Crippen LogP contribution is -2.44. The van der Waals surface area contributed by atoms with Crippen LogP contribution in [0.2, 0.25) is 0 Å². The van der Waals surface area contributed by atoms with Crippen molar-refractivity contribution in [2.24, 2.45) is 0 Å². The Bertz CT molecular complexity index is 1330. The number of carbonyl (C=O) groups is 1. The Morgan fingerprint density at radius 2 is 1.50 bits per heavy atom. The summed E-state index contributed by atoms with van der Waals surface area (Å²) in [6.45, 7) is 3.37. The van der Waals surface area contributed by atoms with Crippen LogP contribution in [0.1, 0.15) is 22.1 Å². The summed E-state index contributed by atoms with van der Waals surface area (Å²) < 4.78 is 6.82. The highest BCUT2D eigenvalue weighted by atomic mass is 16.5. The van der Waals surface area contributed by atoms with Crippen LogP contribution in [0.15, 0.2) is 89.7 Å². The van der Waals surface area contributed by atoms with Gasteiger partial charge in [-0.3, -0.25) is 14.5 Å². The number of nitrogens with zero attached hydrogens (tertiary/aromatic N) is 3. The maximum absolute atomic E-state index is 13.4. The fourth-order valence-corrected chi connectivity index (χ4v) is 4.40. The van der Waals surface area contributed by atoms with E-state index in [4.69, 9.17) is 4.74 Å². The largest absolute Gasteiger partial charge is 0.379 e. The number of fused-ring (bicyclic) bond motifs is 1. The predicted molar refractivity (Wildman–Crippen MR) is 131 cm³/mol. The van der Waals surface area contributed by atoms with Crippen molar-refractivity contribution in [3.63, 3.8) is 0 Å². The molecule has 2 heterocycles. The molecular formula is C27H26N4O3. The van der Waals surface area contributed by atoms with Crippen molar-refractivity contribution in [1.29, 1.82) is 0 Å². The molecule has 1 N–H and O–H groups in total. The molecule has 1 saturated heterocycles. The minimum absolute atomic E-state index is 0.0142. The van der Waals surface area contributed by atoms with Crippen LogP contribution in [0.4, 0.5) is 0 Å². The van der Waals surface area contributed by atoms with E-state index in [0.29, 0.717) is 36.2 Å². The summed E-state index contributed by atoms with van der Waals surface area (Å²) in [4.78, 5) is 28.9. The van der Waals surface area contributed by atoms with Gasteiger partial charge in [-0.1, -0.05) is 66.7 Å². The Kier molecular flexibility index (Phi) is 6.46. The summed E-state index contributed by atoms with van der Waals surface area (Å²) in [5.41, 5.74) is 1.72. The molecule has 0 unspecified atom stereocenters. The Hall–Kier alpha value is -3.81. The molecule has 1 aliphatic rings. The van der Waals surface area contributed by atoms with Gasteiger partial charge in [-0.15, -0.1) is 0 Å². The van der Waals surface area contributed by atoms with Gasteiger partial charge in [0.2, 0.25) is 0 Å². The van der Waals surface area contributed by atoms with Gasteiger partial charge in [-0.2, -0.15) is 9.78 Å². The molecule has 4 aromatic rings. The van der Waals surface area contributed by atoms with Crippen molar-refractivity contribution in [1.82, 2.24) is 20.0 Å². The van der Waals surface area contributed by atoms with Gasteiger partial charge in [-0.25, -0.2) is 0 Å². The molecule has 0 spiro atoms. The molecule has 1 aromatic heterocycles. The van der Waals surface area contributed by atoms with Gasteiger partial charge in [0.1, 0.15) is 0 Å². The lowest BCUT2D eigenvalue weighted by Gasteiger charge is -2.34. The molecule has 7 nitrogen and oxygen atoms in total. The van der Waals surface area contributed by atoms with Crippen molar-refractivity contribution in [2.75, 3.05) is 32.8 Å². The Balaban J connectivity index is 1.48. The van der Waals surface area contributed by atoms with Gasteiger partial charge in [0.25, 0.3) is 11.5 Å². The van der Waals surface area contributed by atoms with Crippen LogP contribution < -0.4 is 10.9 Å². The molecule has 3 aromatic carbocycles. The average molecular weight is 455 g/mol. The zero-order valence-electron chi connectivity index (χ0n) is 18.8. The van der Waals surface area contributed by atoms with Gasteiger partial charge < -0.3 is 10.1 Å². The molecule has 1 amide bonds. The van der Waals surface area contributed by atoms with Crippen LogP contribution in [-0.2, 0) is 4.74 Å². The smallest absolute Gasteiger partial charge is 0.279 e. The first-order valence-electron chi connectivity index (χ1n) is 11.4. The fourth-order valence-electron chi connectivity index (χ4n) is 4.40. The van der Waals surface area contributed by atoms with E-state index in [9.17, 15) is 9.59 Å². The van der Waals surface area contributed by atoms with Crippen LogP contribution in [0.5, 0.6) is 0 Å². The molecule has 0 saturated carbocycles. The quantitative estimate of drug-likeness (QED) is 0.484. The summed E-state index contributed by atoms with van der Waals surface area (Å²) >= 11 is 0. The van der Waals surface area contributed by atoms with Gasteiger partial charge >= 0.3 is 0 Å². The van der Waals surface area contributed by atoms with Crippen molar-refractivity contribution in [2.45, 2.75) is 6.04 Å². The van der Waals surface area contributed by atoms with Crippen molar-refractivity contribution >= 4 is 16.7 Å². The molecule has 1 atom stereocenters. The van der Waals surface area contributed by atoms with E-state index in [1.165, 1.54) is 4.68 Å². The maximum Gasteiger partial charge on any atom is 0.279 e. The first kappa shape index (κ1) is 22.0. The number of carbonyl (C=O) groups excluding carboxylic acids is 1. The zero-order chi connectivity index (χ0) is 23.3. The molecular weight excluding hydrogens is 428 g/mol. The SMILES string of the molecule is O=C(NC[C@H](c1ccccc1)N1CCOCC1)c1nn(-c2ccccc2)c(=O)c2ccccc12. The van der Waals surface area contributed by atoms with Crippen LogP contribution in [0, 0.1) is 0 Å². The molecule has 0 aliphatic carbocycles. The number of ether oxygens (including phenoxy) is 1. The second kappa shape index (κ2) is 9.99. The van der Waals surface area contributed by atoms with Crippen molar-refractivity contribution < 1.29 is 9.53 Å². The summed E-state index contributed by atoms with van der Waals surface area (Å²) in [6, 6.07) is 26.4. The standard InChI is InChI=1S/C27H26N4O3/c32-26(28-19-24(20-9-3-1-4-10-20)30-15-17-34-18-16-30)25-22-13-7-8-14-23(22)27(33)31(29-25)21-11-5-2-6-12-21/h1-14,24H,15-19H2,(H,28,32)/t24-/m1/s1. The average Bonchev–Trinajstić information content (AvgIpc) is 2.91. The van der Waals surface area contributed by atoms with E-state index < -0.39 is 0 Å². The highest BCUT2D eigenvalue weighted by molar-refractivity contribution is 6.04. The zero-order valence-corrected chi connectivity index (χ0v) is 18.8. The summed E-state index contributed by atoms with van der Waals surface area (Å²) in [7, 11) is 0. The Morgan fingerprint density at radius 1 is 0.882 bits per heavy atom. The molecule has 0 radical (unpaired) electrons. The molecule has 7 heteroatoms. The molecule has 34 heavy (non-hydrogen) atoms. The predicted octanol–water partition coefficient (Wildman–Crippen LogP) is 3.19. The summed E-state index contributed by atoms with van der Waals surface area (Å²) in [5.74, 6) is -0.310. The van der Waals surface area contributed by atoms with E-state index in [0.717, 1.165) is 18.7 Å². The minimum Gasteiger partial charge on any atom is -0.379 e. The van der Waals surface area contributed by atoms with E-state index in [-0.39, 0.29) is 23.2 Å². The first-order chi connectivity index (χ1) is 16.7. The van der Waals surface area contributed by atoms with Gasteiger partial charge in [0.05, 0.1) is 30.3 Å². The molecule has 172 valence electrons. The fraction of sp³-hybridized carbons (Fsp3) is 0.222. The third-order valence-electron chi connectivity index (χ3n) is 6.15. The first-order valence-corrected chi connectivity index (χ1v) is 11.4. The van der Waals surface area contributed by atoms with Crippen LogP contribution in [-0.4, -0.2) is 53.4 Å². The van der Waals surface area contributed by atoms with Crippen molar-refractivity contribution in [3.05, 3.63) is 107 Å². The Labute approximate surface area is 197 Å². The number of nitrogens with one attached hydrogen (secondary N) is 1. The van der Waals surface area contributed by atoms with E-state index in [1.54, 1.807) is 30.3 Å². The number of amides is 1. The maximum atomic E-state index is 13.4. The number of morpholine rings is 1. The molecule has 0 bridgehead atoms. The normalized spacial score (nSPS) is 15.2. The van der Waals surface area contributed by atoms with E-state index in [1.807, 2.05) is 42.5 Å². The van der Waals surface area contributed by atoms with E-state index in [2.05, 4.69) is 27.4 Å². The second-order valence-corrected chi connectivity index (χ2v) is 8.23. The lowest BCUT2D eigenvalue weighted by atomic mass is 10.0. The molecule has 1 fully saturated rings. The summed E-state index contributed by atoms with van der Waals surface area (Å²) in [6.07, 6.45) is 0. The van der Waals surface area contributed by atoms with Crippen LogP contribution in [0.25, 0.3) is 16.5 Å². The second-order valence-electron chi connectivity index (χ2n) is 8.23. The van der Waals surface area contributed by atoms with Crippen LogP contribution in [0.3, 0.4) is 0 Å². The molecule has 1 aliphatic heterocycles. The number of rotatable bonds is 6. The third kappa shape index (κ3) is 4.48. The number of hydrogen-bond donors (Lipinski definition) is 1. The van der Waals surface area contributed by atoms with E-state index >= 15 is 0 Å². The third-order valence-corrected chi connectivity index (χ3v) is 6.15. The minimum atomic E-state index is -0.310. The van der Waals surface area contributed by atoms with Gasteiger partial charge in [-0.05, 0) is 23.8 Å². The topological polar surface area (TPSA) is 76.5 Å². The molecule has 5 rings (SSSR count). The monoisotopic (exact) mass is 454 g/mol. The highest BCUT2D eigenvalue weighted by Gasteiger charge is 2.24. The summed E-state index contributed by atoms with van der Waals surface area (Å²) in [5, 5.41) is 8.58. The van der Waals surface area contributed by atoms with Gasteiger partial charge in [0.15, 0.2) is 5.69 Å². The highest BCUT2D eigenvalue weighted by Crippen LogP contribution is 2.22. The lowest BCUT2D eigenvalue weighted by molar-refractivity contribution is 0.0162.